The Balaban J connectivity index is 0.00000208. The minimum absolute atomic E-state index is 0. The summed E-state index contributed by atoms with van der Waals surface area (Å²) in [6, 6.07) is 4.22. The van der Waals surface area contributed by atoms with E-state index in [9.17, 15) is 17.6 Å². The topological polar surface area (TPSA) is 15.3 Å². The van der Waals surface area contributed by atoms with Crippen LogP contribution < -0.4 is 5.32 Å². The summed E-state index contributed by atoms with van der Waals surface area (Å²) in [6.45, 7) is 2.51. The van der Waals surface area contributed by atoms with E-state index >= 15 is 0 Å². The molecule has 0 unspecified atom stereocenters. The lowest BCUT2D eigenvalue weighted by Gasteiger charge is -2.36. The Hall–Kier alpha value is -1.15. The molecule has 1 saturated heterocycles. The third-order valence-electron chi connectivity index (χ3n) is 4.01. The summed E-state index contributed by atoms with van der Waals surface area (Å²) >= 11 is 1.40. The molecule has 1 aromatic heterocycles. The van der Waals surface area contributed by atoms with Crippen molar-refractivity contribution >= 4 is 23.7 Å². The fraction of sp³-hybridized carbons (Fsp3) is 0.375. The second-order valence-electron chi connectivity index (χ2n) is 5.44. The van der Waals surface area contributed by atoms with Crippen LogP contribution in [0.15, 0.2) is 35.0 Å². The maximum atomic E-state index is 14.4. The van der Waals surface area contributed by atoms with Crippen molar-refractivity contribution in [3.05, 3.63) is 57.5 Å². The first kappa shape index (κ1) is 19.2. The van der Waals surface area contributed by atoms with Gasteiger partial charge >= 0.3 is 6.18 Å². The molecule has 1 aliphatic heterocycles. The van der Waals surface area contributed by atoms with Crippen LogP contribution >= 0.6 is 23.7 Å². The highest BCUT2D eigenvalue weighted by Gasteiger charge is 2.39. The van der Waals surface area contributed by atoms with Crippen molar-refractivity contribution in [2.75, 3.05) is 26.2 Å². The molecule has 0 radical (unpaired) electrons. The van der Waals surface area contributed by atoms with Crippen LogP contribution in [0, 0.1) is 5.82 Å². The summed E-state index contributed by atoms with van der Waals surface area (Å²) in [4.78, 5) is 1.91. The van der Waals surface area contributed by atoms with Crippen molar-refractivity contribution in [2.24, 2.45) is 0 Å². The molecule has 2 nitrogen and oxygen atoms in total. The van der Waals surface area contributed by atoms with Crippen LogP contribution in [-0.2, 0) is 6.18 Å². The first-order valence-electron chi connectivity index (χ1n) is 7.31. The molecule has 1 aromatic carbocycles. The number of hydrogen-bond acceptors (Lipinski definition) is 3. The van der Waals surface area contributed by atoms with Gasteiger partial charge in [-0.15, -0.1) is 12.4 Å². The van der Waals surface area contributed by atoms with E-state index in [1.54, 1.807) is 16.8 Å². The Bertz CT molecular complexity index is 655. The molecule has 0 amide bonds. The molecule has 1 N–H and O–H groups in total. The average molecular weight is 381 g/mol. The summed E-state index contributed by atoms with van der Waals surface area (Å²) < 4.78 is 54.6. The molecular formula is C16H17ClF4N2S. The standard InChI is InChI=1S/C16H16F4N2S.ClH/c17-13-3-1-2-12(16(18,19)20)14(13)15(11-4-9-23-10-11)22-7-5-21-6-8-22;/h1-4,9-10,15,21H,5-8H2;1H/t15-;/m1./s1. The van der Waals surface area contributed by atoms with Crippen molar-refractivity contribution in [2.45, 2.75) is 12.2 Å². The number of alkyl halides is 3. The van der Waals surface area contributed by atoms with Gasteiger partial charge in [0, 0.05) is 31.7 Å². The highest BCUT2D eigenvalue weighted by molar-refractivity contribution is 7.08. The zero-order valence-corrected chi connectivity index (χ0v) is 14.3. The van der Waals surface area contributed by atoms with Crippen LogP contribution in [0.5, 0.6) is 0 Å². The van der Waals surface area contributed by atoms with Gasteiger partial charge in [0.1, 0.15) is 5.82 Å². The number of rotatable bonds is 3. The SMILES string of the molecule is Cl.Fc1cccc(C(F)(F)F)c1[C@@H](c1ccsc1)N1CCNCC1. The molecule has 2 aromatic rings. The van der Waals surface area contributed by atoms with E-state index in [-0.39, 0.29) is 18.0 Å². The van der Waals surface area contributed by atoms with Gasteiger partial charge in [-0.2, -0.15) is 24.5 Å². The summed E-state index contributed by atoms with van der Waals surface area (Å²) in [7, 11) is 0. The zero-order valence-electron chi connectivity index (χ0n) is 12.6. The quantitative estimate of drug-likeness (QED) is 0.798. The molecule has 24 heavy (non-hydrogen) atoms. The van der Waals surface area contributed by atoms with E-state index in [4.69, 9.17) is 0 Å². The number of hydrogen-bond donors (Lipinski definition) is 1. The highest BCUT2D eigenvalue weighted by atomic mass is 35.5. The molecule has 1 aliphatic rings. The highest BCUT2D eigenvalue weighted by Crippen LogP contribution is 2.40. The minimum Gasteiger partial charge on any atom is -0.314 e. The lowest BCUT2D eigenvalue weighted by Crippen LogP contribution is -2.45. The van der Waals surface area contributed by atoms with E-state index in [1.807, 2.05) is 4.90 Å². The molecule has 0 bridgehead atoms. The number of thiophene rings is 1. The Morgan fingerprint density at radius 1 is 1.12 bits per heavy atom. The number of piperazine rings is 1. The van der Waals surface area contributed by atoms with Gasteiger partial charge in [-0.3, -0.25) is 4.90 Å². The largest absolute Gasteiger partial charge is 0.416 e. The molecule has 0 saturated carbocycles. The van der Waals surface area contributed by atoms with Crippen molar-refractivity contribution in [3.8, 4) is 0 Å². The molecule has 8 heteroatoms. The van der Waals surface area contributed by atoms with Crippen LogP contribution in [0.2, 0.25) is 0 Å². The number of benzene rings is 1. The van der Waals surface area contributed by atoms with Gasteiger partial charge in [-0.05, 0) is 34.5 Å². The Kier molecular flexibility index (Phi) is 6.25. The maximum absolute atomic E-state index is 14.4. The smallest absolute Gasteiger partial charge is 0.314 e. The number of halogens is 5. The lowest BCUT2D eigenvalue weighted by atomic mass is 9.93. The average Bonchev–Trinajstić information content (AvgIpc) is 3.03. The summed E-state index contributed by atoms with van der Waals surface area (Å²) in [6.07, 6.45) is -4.58. The summed E-state index contributed by atoms with van der Waals surface area (Å²) in [5.41, 5.74) is -0.472. The molecule has 0 aliphatic carbocycles. The Morgan fingerprint density at radius 3 is 2.42 bits per heavy atom. The van der Waals surface area contributed by atoms with E-state index in [0.717, 1.165) is 18.2 Å². The van der Waals surface area contributed by atoms with Crippen molar-refractivity contribution < 1.29 is 17.6 Å². The predicted molar refractivity (Wildman–Crippen MR) is 89.3 cm³/mol. The van der Waals surface area contributed by atoms with Gasteiger partial charge in [-0.25, -0.2) is 4.39 Å². The van der Waals surface area contributed by atoms with Crippen LogP contribution in [-0.4, -0.2) is 31.1 Å². The Morgan fingerprint density at radius 2 is 1.83 bits per heavy atom. The minimum atomic E-state index is -4.58. The maximum Gasteiger partial charge on any atom is 0.416 e. The van der Waals surface area contributed by atoms with Gasteiger partial charge < -0.3 is 5.32 Å². The number of nitrogens with one attached hydrogen (secondary N) is 1. The molecule has 2 heterocycles. The molecular weight excluding hydrogens is 364 g/mol. The van der Waals surface area contributed by atoms with E-state index < -0.39 is 23.6 Å². The summed E-state index contributed by atoms with van der Waals surface area (Å²) in [5.74, 6) is -0.811. The zero-order chi connectivity index (χ0) is 16.4. The van der Waals surface area contributed by atoms with Crippen LogP contribution in [0.1, 0.15) is 22.7 Å². The van der Waals surface area contributed by atoms with Crippen molar-refractivity contribution in [1.82, 2.24) is 10.2 Å². The van der Waals surface area contributed by atoms with Crippen LogP contribution in [0.25, 0.3) is 0 Å². The molecule has 1 fully saturated rings. The van der Waals surface area contributed by atoms with Gasteiger partial charge in [0.05, 0.1) is 11.6 Å². The third-order valence-corrected chi connectivity index (χ3v) is 4.71. The van der Waals surface area contributed by atoms with Crippen molar-refractivity contribution in [3.63, 3.8) is 0 Å². The normalized spacial score (nSPS) is 17.3. The van der Waals surface area contributed by atoms with Gasteiger partial charge in [0.2, 0.25) is 0 Å². The Labute approximate surface area is 147 Å². The molecule has 1 atom stereocenters. The third kappa shape index (κ3) is 3.91. The van der Waals surface area contributed by atoms with Crippen LogP contribution in [0.3, 0.4) is 0 Å². The fourth-order valence-corrected chi connectivity index (χ4v) is 3.67. The van der Waals surface area contributed by atoms with E-state index in [1.165, 1.54) is 11.3 Å². The lowest BCUT2D eigenvalue weighted by molar-refractivity contribution is -0.138. The van der Waals surface area contributed by atoms with Crippen molar-refractivity contribution in [1.29, 1.82) is 0 Å². The second-order valence-corrected chi connectivity index (χ2v) is 6.22. The second kappa shape index (κ2) is 7.82. The summed E-state index contributed by atoms with van der Waals surface area (Å²) in [5, 5.41) is 6.77. The van der Waals surface area contributed by atoms with Gasteiger partial charge in [0.25, 0.3) is 0 Å². The predicted octanol–water partition coefficient (Wildman–Crippen LogP) is 4.32. The molecule has 0 spiro atoms. The first-order chi connectivity index (χ1) is 11.0. The number of nitrogens with zero attached hydrogens (tertiary/aromatic N) is 1. The first-order valence-corrected chi connectivity index (χ1v) is 8.25. The van der Waals surface area contributed by atoms with E-state index in [2.05, 4.69) is 5.32 Å². The fourth-order valence-electron chi connectivity index (χ4n) is 2.99. The molecule has 3 rings (SSSR count). The van der Waals surface area contributed by atoms with E-state index in [0.29, 0.717) is 31.7 Å². The van der Waals surface area contributed by atoms with Crippen LogP contribution in [0.4, 0.5) is 17.6 Å². The van der Waals surface area contributed by atoms with Gasteiger partial charge in [-0.1, -0.05) is 6.07 Å². The molecule has 132 valence electrons. The monoisotopic (exact) mass is 380 g/mol. The van der Waals surface area contributed by atoms with Gasteiger partial charge in [0.15, 0.2) is 0 Å².